The Labute approximate surface area is 75.7 Å². The van der Waals surface area contributed by atoms with Crippen molar-refractivity contribution in [3.05, 3.63) is 30.0 Å². The highest BCUT2D eigenvalue weighted by atomic mass is 14.0. The van der Waals surface area contributed by atoms with Crippen LogP contribution in [0, 0.1) is 17.3 Å². The molecule has 0 aromatic rings. The zero-order valence-electron chi connectivity index (χ0n) is 8.31. The molecule has 0 aromatic carbocycles. The Bertz CT molecular complexity index is 255. The molecule has 0 aliphatic carbocycles. The molecule has 0 heterocycles. The molecule has 64 valence electrons. The summed E-state index contributed by atoms with van der Waals surface area (Å²) in [5, 5.41) is 0. The molecule has 0 N–H and O–H groups in total. The number of hydrogen-bond acceptors (Lipinski definition) is 0. The van der Waals surface area contributed by atoms with Crippen LogP contribution < -0.4 is 0 Å². The van der Waals surface area contributed by atoms with Crippen LogP contribution in [0.25, 0.3) is 0 Å². The number of hydrogen-bond donors (Lipinski definition) is 0. The molecule has 0 bridgehead atoms. The van der Waals surface area contributed by atoms with Crippen molar-refractivity contribution >= 4 is 0 Å². The zero-order chi connectivity index (χ0) is 9.45. The summed E-state index contributed by atoms with van der Waals surface area (Å²) < 4.78 is 0. The van der Waals surface area contributed by atoms with Crippen LogP contribution in [0.2, 0.25) is 0 Å². The molecule has 0 rings (SSSR count). The number of rotatable bonds is 1. The molecule has 0 aliphatic rings. The molecule has 0 aromatic heterocycles. The van der Waals surface area contributed by atoms with Crippen molar-refractivity contribution in [2.75, 3.05) is 0 Å². The first-order valence-corrected chi connectivity index (χ1v) is 4.11. The highest BCUT2D eigenvalue weighted by Gasteiger charge is 2.01. The molecule has 0 unspecified atom stereocenters. The van der Waals surface area contributed by atoms with Gasteiger partial charge < -0.3 is 0 Å². The topological polar surface area (TPSA) is 0 Å². The average Bonchev–Trinajstić information content (AvgIpc) is 1.94. The normalized spacial score (nSPS) is 10.0. The van der Waals surface area contributed by atoms with Crippen LogP contribution in [0.4, 0.5) is 0 Å². The van der Waals surface area contributed by atoms with Gasteiger partial charge in [-0.15, -0.1) is 5.73 Å². The lowest BCUT2D eigenvalue weighted by Crippen LogP contribution is -1.98. The fourth-order valence-electron chi connectivity index (χ4n) is 0.506. The largest absolute Gasteiger partial charge is 0.125 e. The van der Waals surface area contributed by atoms with Crippen LogP contribution in [0.3, 0.4) is 0 Å². The molecule has 0 saturated heterocycles. The fourth-order valence-corrected chi connectivity index (χ4v) is 0.506. The second-order valence-corrected chi connectivity index (χ2v) is 3.50. The fraction of sp³-hybridized carbons (Fsp3) is 0.417. The summed E-state index contributed by atoms with van der Waals surface area (Å²) >= 11 is 0. The van der Waals surface area contributed by atoms with Gasteiger partial charge in [0.15, 0.2) is 0 Å². The van der Waals surface area contributed by atoms with Crippen molar-refractivity contribution in [2.24, 2.45) is 5.41 Å². The van der Waals surface area contributed by atoms with E-state index in [0.717, 1.165) is 0 Å². The van der Waals surface area contributed by atoms with Gasteiger partial charge in [-0.1, -0.05) is 11.8 Å². The molecule has 0 spiro atoms. The number of allylic oxidation sites excluding steroid dienone is 3. The summed E-state index contributed by atoms with van der Waals surface area (Å²) in [4.78, 5) is 0. The van der Waals surface area contributed by atoms with Crippen molar-refractivity contribution < 1.29 is 0 Å². The van der Waals surface area contributed by atoms with Gasteiger partial charge in [0.05, 0.1) is 0 Å². The minimum atomic E-state index is 0.0919. The monoisotopic (exact) mass is 160 g/mol. The van der Waals surface area contributed by atoms with E-state index >= 15 is 0 Å². The maximum Gasteiger partial charge on any atom is 0.0233 e. The van der Waals surface area contributed by atoms with Crippen molar-refractivity contribution in [1.82, 2.24) is 0 Å². The Morgan fingerprint density at radius 2 is 1.83 bits per heavy atom. The maximum absolute atomic E-state index is 3.10. The lowest BCUT2D eigenvalue weighted by atomic mass is 9.98. The van der Waals surface area contributed by atoms with E-state index in [0.29, 0.717) is 0 Å². The Morgan fingerprint density at radius 3 is 2.33 bits per heavy atom. The lowest BCUT2D eigenvalue weighted by Gasteiger charge is -2.05. The van der Waals surface area contributed by atoms with Crippen LogP contribution in [-0.2, 0) is 0 Å². The molecular formula is C12H16. The predicted molar refractivity (Wildman–Crippen MR) is 54.7 cm³/mol. The van der Waals surface area contributed by atoms with Gasteiger partial charge in [0.1, 0.15) is 0 Å². The smallest absolute Gasteiger partial charge is 0.0233 e. The quantitative estimate of drug-likeness (QED) is 0.313. The lowest BCUT2D eigenvalue weighted by molar-refractivity contribution is 0.571. The summed E-state index contributed by atoms with van der Waals surface area (Å²) in [7, 11) is 0. The molecule has 0 radical (unpaired) electrons. The first kappa shape index (κ1) is 10.8. The van der Waals surface area contributed by atoms with Crippen LogP contribution in [0.5, 0.6) is 0 Å². The van der Waals surface area contributed by atoms with Crippen LogP contribution in [0.1, 0.15) is 27.7 Å². The van der Waals surface area contributed by atoms with Crippen LogP contribution in [0.15, 0.2) is 30.0 Å². The molecular weight excluding hydrogens is 144 g/mol. The Hall–Kier alpha value is -1.18. The average molecular weight is 160 g/mol. The minimum Gasteiger partial charge on any atom is -0.125 e. The molecule has 0 heteroatoms. The first-order valence-electron chi connectivity index (χ1n) is 4.11. The summed E-state index contributed by atoms with van der Waals surface area (Å²) in [5.74, 6) is 6.07. The highest BCUT2D eigenvalue weighted by Crippen LogP contribution is 2.09. The second kappa shape index (κ2) is 5.47. The molecule has 0 atom stereocenters. The predicted octanol–water partition coefficient (Wildman–Crippen LogP) is 3.32. The summed E-state index contributed by atoms with van der Waals surface area (Å²) in [6.45, 7) is 8.21. The zero-order valence-corrected chi connectivity index (χ0v) is 8.31. The van der Waals surface area contributed by atoms with E-state index in [1.54, 1.807) is 0 Å². The first-order chi connectivity index (χ1) is 5.56. The van der Waals surface area contributed by atoms with E-state index in [1.807, 2.05) is 31.2 Å². The van der Waals surface area contributed by atoms with E-state index in [9.17, 15) is 0 Å². The highest BCUT2D eigenvalue weighted by molar-refractivity contribution is 5.21. The van der Waals surface area contributed by atoms with Crippen LogP contribution in [-0.4, -0.2) is 0 Å². The van der Waals surface area contributed by atoms with Gasteiger partial charge in [-0.3, -0.25) is 0 Å². The van der Waals surface area contributed by atoms with Crippen molar-refractivity contribution in [2.45, 2.75) is 27.7 Å². The Kier molecular flexibility index (Phi) is 4.93. The van der Waals surface area contributed by atoms with Gasteiger partial charge in [-0.25, -0.2) is 0 Å². The van der Waals surface area contributed by atoms with E-state index in [4.69, 9.17) is 0 Å². The van der Waals surface area contributed by atoms with Gasteiger partial charge in [0.25, 0.3) is 0 Å². The maximum atomic E-state index is 3.10. The second-order valence-electron chi connectivity index (χ2n) is 3.50. The van der Waals surface area contributed by atoms with Crippen molar-refractivity contribution in [3.8, 4) is 11.8 Å². The van der Waals surface area contributed by atoms with Gasteiger partial charge in [0, 0.05) is 5.41 Å². The SMILES string of the molecule is CC=C=C/C=C/C#CC(C)(C)C. The third kappa shape index (κ3) is 8.82. The third-order valence-electron chi connectivity index (χ3n) is 0.986. The Balaban J connectivity index is 4.03. The van der Waals surface area contributed by atoms with Gasteiger partial charge in [0.2, 0.25) is 0 Å². The van der Waals surface area contributed by atoms with Crippen LogP contribution >= 0.6 is 0 Å². The molecule has 0 aliphatic heterocycles. The van der Waals surface area contributed by atoms with Gasteiger partial charge >= 0.3 is 0 Å². The molecule has 0 saturated carbocycles. The summed E-state index contributed by atoms with van der Waals surface area (Å²) in [6.07, 6.45) is 7.43. The Morgan fingerprint density at radius 1 is 1.17 bits per heavy atom. The van der Waals surface area contributed by atoms with E-state index in [2.05, 4.69) is 38.3 Å². The van der Waals surface area contributed by atoms with E-state index < -0.39 is 0 Å². The van der Waals surface area contributed by atoms with E-state index in [1.165, 1.54) is 0 Å². The molecule has 0 amide bonds. The summed E-state index contributed by atoms with van der Waals surface area (Å²) in [6, 6.07) is 0. The third-order valence-corrected chi connectivity index (χ3v) is 0.986. The standard InChI is InChI=1S/C12H16/c1-5-6-7-8-9-10-11-12(2,3)4/h5,7-9H,1-4H3/b9-8+. The molecule has 0 nitrogen and oxygen atoms in total. The van der Waals surface area contributed by atoms with Gasteiger partial charge in [-0.05, 0) is 52.0 Å². The van der Waals surface area contributed by atoms with E-state index in [-0.39, 0.29) is 5.41 Å². The molecule has 12 heavy (non-hydrogen) atoms. The molecule has 0 fully saturated rings. The summed E-state index contributed by atoms with van der Waals surface area (Å²) in [5.41, 5.74) is 3.03. The minimum absolute atomic E-state index is 0.0919. The van der Waals surface area contributed by atoms with Crippen molar-refractivity contribution in [3.63, 3.8) is 0 Å². The van der Waals surface area contributed by atoms with Crippen molar-refractivity contribution in [1.29, 1.82) is 0 Å². The van der Waals surface area contributed by atoms with Gasteiger partial charge in [-0.2, -0.15) is 0 Å².